The van der Waals surface area contributed by atoms with E-state index in [1.807, 2.05) is 30.5 Å². The lowest BCUT2D eigenvalue weighted by molar-refractivity contribution is 0.0772. The minimum absolute atomic E-state index is 0.412. The van der Waals surface area contributed by atoms with E-state index < -0.39 is 5.60 Å². The number of aliphatic imine (C=N–C) groups is 1. The standard InChI is InChI=1S/C17H29N5OS/c1-3-19-16(20-11-17(23)5-9-24-12-17)21-7-4-14(2)15(10-21)22-8-6-18-13-22/h6,8,13-15,23H,3-5,7,9-12H2,1-2H3,(H,19,20). The molecule has 0 bridgehead atoms. The molecule has 0 spiro atoms. The number of imidazole rings is 1. The Balaban J connectivity index is 1.70. The Morgan fingerprint density at radius 3 is 3.08 bits per heavy atom. The molecule has 2 fully saturated rings. The molecule has 3 unspecified atom stereocenters. The summed E-state index contributed by atoms with van der Waals surface area (Å²) in [7, 11) is 0. The molecule has 3 heterocycles. The number of aliphatic hydroxyl groups is 1. The Kier molecular flexibility index (Phi) is 5.71. The monoisotopic (exact) mass is 351 g/mol. The highest BCUT2D eigenvalue weighted by Gasteiger charge is 2.33. The van der Waals surface area contributed by atoms with Gasteiger partial charge in [0.25, 0.3) is 0 Å². The quantitative estimate of drug-likeness (QED) is 0.637. The van der Waals surface area contributed by atoms with E-state index in [0.29, 0.717) is 18.5 Å². The Morgan fingerprint density at radius 1 is 1.54 bits per heavy atom. The summed E-state index contributed by atoms with van der Waals surface area (Å²) in [5, 5.41) is 14.0. The van der Waals surface area contributed by atoms with Crippen LogP contribution < -0.4 is 5.32 Å². The Hall–Kier alpha value is -1.21. The molecular weight excluding hydrogens is 322 g/mol. The van der Waals surface area contributed by atoms with Crippen molar-refractivity contribution in [2.45, 2.75) is 38.3 Å². The Labute approximate surface area is 148 Å². The topological polar surface area (TPSA) is 65.7 Å². The summed E-state index contributed by atoms with van der Waals surface area (Å²) in [6.45, 7) is 7.67. The third-order valence-corrected chi connectivity index (χ3v) is 6.30. The second-order valence-electron chi connectivity index (χ2n) is 6.99. The van der Waals surface area contributed by atoms with Crippen LogP contribution in [0, 0.1) is 5.92 Å². The van der Waals surface area contributed by atoms with Crippen LogP contribution in [0.3, 0.4) is 0 Å². The van der Waals surface area contributed by atoms with Gasteiger partial charge in [0.2, 0.25) is 0 Å². The van der Waals surface area contributed by atoms with Crippen molar-refractivity contribution in [1.82, 2.24) is 19.8 Å². The summed E-state index contributed by atoms with van der Waals surface area (Å²) in [6, 6.07) is 0.412. The molecule has 2 aliphatic rings. The van der Waals surface area contributed by atoms with Crippen molar-refractivity contribution >= 4 is 17.7 Å². The fourth-order valence-corrected chi connectivity index (χ4v) is 4.75. The number of nitrogens with zero attached hydrogens (tertiary/aromatic N) is 4. The zero-order chi connectivity index (χ0) is 17.0. The van der Waals surface area contributed by atoms with E-state index >= 15 is 0 Å². The minimum atomic E-state index is -0.627. The van der Waals surface area contributed by atoms with Crippen molar-refractivity contribution in [1.29, 1.82) is 0 Å². The molecule has 0 amide bonds. The van der Waals surface area contributed by atoms with Crippen LogP contribution in [0.1, 0.15) is 32.7 Å². The van der Waals surface area contributed by atoms with Crippen LogP contribution in [0.25, 0.3) is 0 Å². The SMILES string of the molecule is CCNC(=NCC1(O)CCSC1)N1CCC(C)C(n2ccnc2)C1. The molecule has 7 heteroatoms. The summed E-state index contributed by atoms with van der Waals surface area (Å²) >= 11 is 1.82. The molecule has 24 heavy (non-hydrogen) atoms. The van der Waals surface area contributed by atoms with Crippen LogP contribution in [-0.2, 0) is 0 Å². The molecule has 3 atom stereocenters. The minimum Gasteiger partial charge on any atom is -0.387 e. The fraction of sp³-hybridized carbons (Fsp3) is 0.765. The number of hydrogen-bond acceptors (Lipinski definition) is 4. The predicted molar refractivity (Wildman–Crippen MR) is 99.5 cm³/mol. The zero-order valence-corrected chi connectivity index (χ0v) is 15.5. The largest absolute Gasteiger partial charge is 0.387 e. The number of hydrogen-bond donors (Lipinski definition) is 2. The van der Waals surface area contributed by atoms with Gasteiger partial charge in [0.15, 0.2) is 5.96 Å². The average molecular weight is 352 g/mol. The number of aromatic nitrogens is 2. The lowest BCUT2D eigenvalue weighted by Gasteiger charge is -2.39. The van der Waals surface area contributed by atoms with Crippen molar-refractivity contribution in [2.75, 3.05) is 37.7 Å². The lowest BCUT2D eigenvalue weighted by atomic mass is 9.93. The first-order valence-corrected chi connectivity index (χ1v) is 10.1. The van der Waals surface area contributed by atoms with Crippen molar-refractivity contribution in [3.63, 3.8) is 0 Å². The molecular formula is C17H29N5OS. The number of rotatable bonds is 4. The molecule has 2 N–H and O–H groups in total. The maximum absolute atomic E-state index is 10.6. The molecule has 3 rings (SSSR count). The first-order chi connectivity index (χ1) is 11.6. The molecule has 0 radical (unpaired) electrons. The first kappa shape index (κ1) is 17.6. The average Bonchev–Trinajstić information content (AvgIpc) is 3.24. The summed E-state index contributed by atoms with van der Waals surface area (Å²) in [4.78, 5) is 11.3. The number of nitrogens with one attached hydrogen (secondary N) is 1. The van der Waals surface area contributed by atoms with Crippen LogP contribution in [0.5, 0.6) is 0 Å². The summed E-state index contributed by atoms with van der Waals surface area (Å²) < 4.78 is 2.21. The molecule has 6 nitrogen and oxygen atoms in total. The van der Waals surface area contributed by atoms with Gasteiger partial charge in [-0.15, -0.1) is 0 Å². The van der Waals surface area contributed by atoms with E-state index in [2.05, 4.69) is 33.6 Å². The van der Waals surface area contributed by atoms with Gasteiger partial charge in [-0.2, -0.15) is 11.8 Å². The molecule has 0 aromatic carbocycles. The molecule has 0 saturated carbocycles. The van der Waals surface area contributed by atoms with Gasteiger partial charge in [0.1, 0.15) is 0 Å². The number of piperidine rings is 1. The molecule has 0 aliphatic carbocycles. The summed E-state index contributed by atoms with van der Waals surface area (Å²) in [5.41, 5.74) is -0.627. The second-order valence-corrected chi connectivity index (χ2v) is 8.09. The van der Waals surface area contributed by atoms with E-state index in [1.165, 1.54) is 0 Å². The summed E-state index contributed by atoms with van der Waals surface area (Å²) in [6.07, 6.45) is 7.78. The number of guanidine groups is 1. The van der Waals surface area contributed by atoms with Gasteiger partial charge >= 0.3 is 0 Å². The van der Waals surface area contributed by atoms with Gasteiger partial charge in [0, 0.05) is 37.8 Å². The van der Waals surface area contributed by atoms with E-state index in [-0.39, 0.29) is 0 Å². The van der Waals surface area contributed by atoms with Gasteiger partial charge < -0.3 is 19.9 Å². The highest BCUT2D eigenvalue weighted by Crippen LogP contribution is 2.29. The Bertz CT molecular complexity index is 541. The van der Waals surface area contributed by atoms with Crippen molar-refractivity contribution < 1.29 is 5.11 Å². The van der Waals surface area contributed by atoms with E-state index in [4.69, 9.17) is 4.99 Å². The third-order valence-electron chi connectivity index (χ3n) is 5.07. The van der Waals surface area contributed by atoms with Crippen LogP contribution in [0.4, 0.5) is 0 Å². The lowest BCUT2D eigenvalue weighted by Crippen LogP contribution is -2.49. The van der Waals surface area contributed by atoms with Crippen molar-refractivity contribution in [2.24, 2.45) is 10.9 Å². The number of thioether (sulfide) groups is 1. The normalized spacial score (nSPS) is 31.5. The third kappa shape index (κ3) is 4.06. The zero-order valence-electron chi connectivity index (χ0n) is 14.7. The van der Waals surface area contributed by atoms with E-state index in [0.717, 1.165) is 49.9 Å². The van der Waals surface area contributed by atoms with Crippen LogP contribution in [-0.4, -0.2) is 68.8 Å². The smallest absolute Gasteiger partial charge is 0.194 e. The van der Waals surface area contributed by atoms with Crippen LogP contribution in [0.2, 0.25) is 0 Å². The molecule has 134 valence electrons. The Morgan fingerprint density at radius 2 is 2.42 bits per heavy atom. The highest BCUT2D eigenvalue weighted by molar-refractivity contribution is 7.99. The number of likely N-dealkylation sites (tertiary alicyclic amines) is 1. The molecule has 2 saturated heterocycles. The van der Waals surface area contributed by atoms with Gasteiger partial charge in [0.05, 0.1) is 24.5 Å². The van der Waals surface area contributed by atoms with Gasteiger partial charge in [-0.25, -0.2) is 4.98 Å². The van der Waals surface area contributed by atoms with E-state index in [9.17, 15) is 5.11 Å². The maximum atomic E-state index is 10.6. The van der Waals surface area contributed by atoms with Crippen molar-refractivity contribution in [3.8, 4) is 0 Å². The first-order valence-electron chi connectivity index (χ1n) is 8.92. The maximum Gasteiger partial charge on any atom is 0.194 e. The molecule has 2 aliphatic heterocycles. The second kappa shape index (κ2) is 7.78. The van der Waals surface area contributed by atoms with Gasteiger partial charge in [-0.3, -0.25) is 4.99 Å². The summed E-state index contributed by atoms with van der Waals surface area (Å²) in [5.74, 6) is 3.38. The van der Waals surface area contributed by atoms with Gasteiger partial charge in [-0.1, -0.05) is 6.92 Å². The van der Waals surface area contributed by atoms with Gasteiger partial charge in [-0.05, 0) is 31.4 Å². The molecule has 1 aromatic rings. The molecule has 1 aromatic heterocycles. The van der Waals surface area contributed by atoms with Crippen LogP contribution >= 0.6 is 11.8 Å². The van der Waals surface area contributed by atoms with E-state index in [1.54, 1.807) is 0 Å². The predicted octanol–water partition coefficient (Wildman–Crippen LogP) is 1.60. The van der Waals surface area contributed by atoms with Crippen LogP contribution in [0.15, 0.2) is 23.7 Å². The fourth-order valence-electron chi connectivity index (χ4n) is 3.46. The highest BCUT2D eigenvalue weighted by atomic mass is 32.2. The van der Waals surface area contributed by atoms with Crippen molar-refractivity contribution in [3.05, 3.63) is 18.7 Å².